The van der Waals surface area contributed by atoms with Crippen molar-refractivity contribution in [3.63, 3.8) is 0 Å². The van der Waals surface area contributed by atoms with Gasteiger partial charge in [-0.05, 0) is 55.2 Å². The number of piperidine rings is 1. The molecule has 136 valence electrons. The normalized spacial score (nSPS) is 17.0. The highest BCUT2D eigenvalue weighted by Gasteiger charge is 2.25. The third-order valence-corrected chi connectivity index (χ3v) is 4.79. The van der Waals surface area contributed by atoms with E-state index in [1.54, 1.807) is 36.4 Å². The minimum atomic E-state index is -0.423. The monoisotopic (exact) mass is 373 g/mol. The summed E-state index contributed by atoms with van der Waals surface area (Å²) in [7, 11) is 0. The van der Waals surface area contributed by atoms with Crippen molar-refractivity contribution in [2.24, 2.45) is 5.92 Å². The van der Waals surface area contributed by atoms with Gasteiger partial charge < -0.3 is 10.2 Å². The molecule has 6 nitrogen and oxygen atoms in total. The molecule has 0 saturated carbocycles. The van der Waals surface area contributed by atoms with E-state index in [1.165, 1.54) is 6.07 Å². The zero-order valence-corrected chi connectivity index (χ0v) is 15.2. The number of halogens is 1. The standard InChI is InChI=1S/C19H20ClN3O3/c1-13-3-2-10-22(12-13)17-9-4-14(11-18(17)23(25)26)19(24)21-16-7-5-15(20)6-8-16/h4-9,11,13H,2-3,10,12H2,1H3,(H,21,24)/t13-/m0/s1. The third kappa shape index (κ3) is 4.14. The van der Waals surface area contributed by atoms with Crippen molar-refractivity contribution in [2.45, 2.75) is 19.8 Å². The second-order valence-corrected chi connectivity index (χ2v) is 7.05. The Morgan fingerprint density at radius 1 is 1.27 bits per heavy atom. The second kappa shape index (κ2) is 7.74. The highest BCUT2D eigenvalue weighted by atomic mass is 35.5. The Kier molecular flexibility index (Phi) is 5.42. The first-order valence-corrected chi connectivity index (χ1v) is 8.92. The predicted molar refractivity (Wildman–Crippen MR) is 103 cm³/mol. The first kappa shape index (κ1) is 18.2. The molecule has 1 heterocycles. The average molecular weight is 374 g/mol. The first-order valence-electron chi connectivity index (χ1n) is 8.54. The van der Waals surface area contributed by atoms with Crippen LogP contribution < -0.4 is 10.2 Å². The largest absolute Gasteiger partial charge is 0.366 e. The lowest BCUT2D eigenvalue weighted by molar-refractivity contribution is -0.384. The van der Waals surface area contributed by atoms with Crippen LogP contribution in [0.1, 0.15) is 30.1 Å². The summed E-state index contributed by atoms with van der Waals surface area (Å²) in [5, 5.41) is 14.8. The fourth-order valence-electron chi connectivity index (χ4n) is 3.22. The van der Waals surface area contributed by atoms with Gasteiger partial charge in [0, 0.05) is 35.4 Å². The first-order chi connectivity index (χ1) is 12.4. The molecule has 1 amide bonds. The number of benzene rings is 2. The highest BCUT2D eigenvalue weighted by molar-refractivity contribution is 6.30. The van der Waals surface area contributed by atoms with Crippen molar-refractivity contribution in [1.29, 1.82) is 0 Å². The summed E-state index contributed by atoms with van der Waals surface area (Å²) >= 11 is 5.83. The Morgan fingerprint density at radius 3 is 2.65 bits per heavy atom. The maximum Gasteiger partial charge on any atom is 0.293 e. The zero-order chi connectivity index (χ0) is 18.7. The molecule has 3 rings (SSSR count). The molecule has 0 aromatic heterocycles. The smallest absolute Gasteiger partial charge is 0.293 e. The molecule has 1 N–H and O–H groups in total. The van der Waals surface area contributed by atoms with Crippen LogP contribution in [0.15, 0.2) is 42.5 Å². The van der Waals surface area contributed by atoms with Crippen LogP contribution in [-0.2, 0) is 0 Å². The minimum absolute atomic E-state index is 0.0390. The van der Waals surface area contributed by atoms with Gasteiger partial charge >= 0.3 is 0 Å². The molecular weight excluding hydrogens is 354 g/mol. The molecule has 2 aromatic rings. The van der Waals surface area contributed by atoms with Gasteiger partial charge in [-0.25, -0.2) is 0 Å². The number of hydrogen-bond acceptors (Lipinski definition) is 4. The van der Waals surface area contributed by atoms with Crippen LogP contribution in [0.25, 0.3) is 0 Å². The van der Waals surface area contributed by atoms with E-state index in [1.807, 2.05) is 4.90 Å². The molecule has 1 saturated heterocycles. The second-order valence-electron chi connectivity index (χ2n) is 6.62. The van der Waals surface area contributed by atoms with Crippen LogP contribution in [0.2, 0.25) is 5.02 Å². The van der Waals surface area contributed by atoms with Crippen molar-refractivity contribution in [2.75, 3.05) is 23.3 Å². The van der Waals surface area contributed by atoms with Gasteiger partial charge in [0.05, 0.1) is 4.92 Å². The molecule has 1 aliphatic heterocycles. The van der Waals surface area contributed by atoms with Crippen molar-refractivity contribution >= 4 is 34.6 Å². The molecule has 1 aliphatic rings. The topological polar surface area (TPSA) is 75.5 Å². The van der Waals surface area contributed by atoms with Crippen molar-refractivity contribution in [1.82, 2.24) is 0 Å². The number of carbonyl (C=O) groups is 1. The number of nitrogens with one attached hydrogen (secondary N) is 1. The summed E-state index contributed by atoms with van der Waals surface area (Å²) in [5.74, 6) is 0.102. The van der Waals surface area contributed by atoms with Gasteiger partial charge in [0.25, 0.3) is 11.6 Å². The maximum absolute atomic E-state index is 12.4. The van der Waals surface area contributed by atoms with Gasteiger partial charge in [0.1, 0.15) is 5.69 Å². The van der Waals surface area contributed by atoms with E-state index in [9.17, 15) is 14.9 Å². The lowest BCUT2D eigenvalue weighted by atomic mass is 9.99. The molecule has 1 fully saturated rings. The lowest BCUT2D eigenvalue weighted by Gasteiger charge is -2.32. The third-order valence-electron chi connectivity index (χ3n) is 4.53. The Hall–Kier alpha value is -2.60. The molecule has 26 heavy (non-hydrogen) atoms. The minimum Gasteiger partial charge on any atom is -0.366 e. The molecular formula is C19H20ClN3O3. The van der Waals surface area contributed by atoms with Crippen LogP contribution in [0.4, 0.5) is 17.1 Å². The van der Waals surface area contributed by atoms with Gasteiger partial charge in [-0.1, -0.05) is 18.5 Å². The van der Waals surface area contributed by atoms with E-state index < -0.39 is 10.8 Å². The van der Waals surface area contributed by atoms with Gasteiger partial charge in [-0.2, -0.15) is 0 Å². The number of amides is 1. The summed E-state index contributed by atoms with van der Waals surface area (Å²) < 4.78 is 0. The SMILES string of the molecule is C[C@H]1CCCN(c2ccc(C(=O)Nc3ccc(Cl)cc3)cc2[N+](=O)[O-])C1. The van der Waals surface area contributed by atoms with E-state index in [4.69, 9.17) is 11.6 Å². The predicted octanol–water partition coefficient (Wildman–Crippen LogP) is 4.74. The van der Waals surface area contributed by atoms with Gasteiger partial charge in [-0.3, -0.25) is 14.9 Å². The summed E-state index contributed by atoms with van der Waals surface area (Å²) in [6.45, 7) is 3.73. The van der Waals surface area contributed by atoms with Crippen LogP contribution in [0.3, 0.4) is 0 Å². The quantitative estimate of drug-likeness (QED) is 0.620. The van der Waals surface area contributed by atoms with Crippen LogP contribution in [0, 0.1) is 16.0 Å². The maximum atomic E-state index is 12.4. The number of nitrogens with zero attached hydrogens (tertiary/aromatic N) is 2. The molecule has 0 radical (unpaired) electrons. The number of nitro groups is 1. The molecule has 0 unspecified atom stereocenters. The number of rotatable bonds is 4. The fraction of sp³-hybridized carbons (Fsp3) is 0.316. The Balaban J connectivity index is 1.84. The lowest BCUT2D eigenvalue weighted by Crippen LogP contribution is -2.34. The van der Waals surface area contributed by atoms with Gasteiger partial charge in [0.15, 0.2) is 0 Å². The highest BCUT2D eigenvalue weighted by Crippen LogP contribution is 2.32. The average Bonchev–Trinajstić information content (AvgIpc) is 2.63. The Morgan fingerprint density at radius 2 is 2.00 bits per heavy atom. The molecule has 0 bridgehead atoms. The van der Waals surface area contributed by atoms with Gasteiger partial charge in [0.2, 0.25) is 0 Å². The van der Waals surface area contributed by atoms with E-state index >= 15 is 0 Å². The summed E-state index contributed by atoms with van der Waals surface area (Å²) in [5.41, 5.74) is 1.36. The Bertz CT molecular complexity index is 823. The molecule has 0 spiro atoms. The summed E-state index contributed by atoms with van der Waals surface area (Å²) in [6.07, 6.45) is 2.14. The van der Waals surface area contributed by atoms with E-state index in [0.29, 0.717) is 22.3 Å². The van der Waals surface area contributed by atoms with Crippen LogP contribution in [0.5, 0.6) is 0 Å². The molecule has 7 heteroatoms. The summed E-state index contributed by atoms with van der Waals surface area (Å²) in [4.78, 5) is 25.6. The van der Waals surface area contributed by atoms with E-state index in [-0.39, 0.29) is 11.3 Å². The van der Waals surface area contributed by atoms with E-state index in [2.05, 4.69) is 12.2 Å². The molecule has 0 aliphatic carbocycles. The zero-order valence-electron chi connectivity index (χ0n) is 14.4. The van der Waals surface area contributed by atoms with Crippen LogP contribution in [-0.4, -0.2) is 23.9 Å². The number of carbonyl (C=O) groups excluding carboxylic acids is 1. The molecule has 1 atom stereocenters. The number of hydrogen-bond donors (Lipinski definition) is 1. The van der Waals surface area contributed by atoms with Crippen molar-refractivity contribution in [3.05, 3.63) is 63.2 Å². The summed E-state index contributed by atoms with van der Waals surface area (Å²) in [6, 6.07) is 11.3. The molecule has 2 aromatic carbocycles. The van der Waals surface area contributed by atoms with E-state index in [0.717, 1.165) is 25.9 Å². The van der Waals surface area contributed by atoms with Crippen LogP contribution >= 0.6 is 11.6 Å². The fourth-order valence-corrected chi connectivity index (χ4v) is 3.35. The number of anilines is 2. The van der Waals surface area contributed by atoms with Crippen molar-refractivity contribution < 1.29 is 9.72 Å². The van der Waals surface area contributed by atoms with Gasteiger partial charge in [-0.15, -0.1) is 0 Å². The number of nitro benzene ring substituents is 1. The Labute approximate surface area is 156 Å². The van der Waals surface area contributed by atoms with Crippen molar-refractivity contribution in [3.8, 4) is 0 Å².